The predicted octanol–water partition coefficient (Wildman–Crippen LogP) is 1.32. The highest BCUT2D eigenvalue weighted by atomic mass is 16.3. The summed E-state index contributed by atoms with van der Waals surface area (Å²) in [5, 5.41) is 12.1. The number of amides is 1. The van der Waals surface area contributed by atoms with E-state index in [-0.39, 0.29) is 18.6 Å². The number of benzene rings is 1. The number of aliphatic hydroxyl groups is 1. The van der Waals surface area contributed by atoms with E-state index in [9.17, 15) is 9.90 Å². The first-order chi connectivity index (χ1) is 10.2. The molecule has 2 rings (SSSR count). The first-order valence-electron chi connectivity index (χ1n) is 7.66. The van der Waals surface area contributed by atoms with Crippen LogP contribution in [-0.4, -0.2) is 41.7 Å². The highest BCUT2D eigenvalue weighted by Crippen LogP contribution is 2.17. The number of hydrogen-bond donors (Lipinski definition) is 3. The Labute approximate surface area is 126 Å². The Kier molecular flexibility index (Phi) is 6.17. The van der Waals surface area contributed by atoms with Crippen molar-refractivity contribution in [3.8, 4) is 0 Å². The molecule has 4 N–H and O–H groups in total. The van der Waals surface area contributed by atoms with Crippen molar-refractivity contribution in [3.63, 3.8) is 0 Å². The Balaban J connectivity index is 1.69. The topological polar surface area (TPSA) is 78.6 Å². The number of hydrogen-bond acceptors (Lipinski definition) is 4. The number of nitrogens with two attached hydrogens (primary N) is 1. The number of likely N-dealkylation sites (tertiary alicyclic amines) is 1. The molecule has 1 aliphatic rings. The minimum absolute atomic E-state index is 0.0373. The van der Waals surface area contributed by atoms with Crippen molar-refractivity contribution >= 4 is 11.6 Å². The van der Waals surface area contributed by atoms with Gasteiger partial charge in [0.15, 0.2) is 0 Å². The molecule has 1 saturated heterocycles. The predicted molar refractivity (Wildman–Crippen MR) is 83.9 cm³/mol. The summed E-state index contributed by atoms with van der Waals surface area (Å²) < 4.78 is 0. The number of nitrogens with one attached hydrogen (secondary N) is 1. The fourth-order valence-corrected chi connectivity index (χ4v) is 2.79. The van der Waals surface area contributed by atoms with Gasteiger partial charge in [-0.1, -0.05) is 12.1 Å². The normalized spacial score (nSPS) is 18.9. The number of anilines is 1. The molecule has 5 heteroatoms. The summed E-state index contributed by atoms with van der Waals surface area (Å²) in [6, 6.07) is 7.89. The highest BCUT2D eigenvalue weighted by molar-refractivity contribution is 5.90. The molecule has 0 saturated carbocycles. The lowest BCUT2D eigenvalue weighted by Gasteiger charge is -2.22. The van der Waals surface area contributed by atoms with Crippen LogP contribution in [0.25, 0.3) is 0 Å². The zero-order valence-electron chi connectivity index (χ0n) is 12.4. The summed E-state index contributed by atoms with van der Waals surface area (Å²) >= 11 is 0. The Morgan fingerprint density at radius 2 is 2.14 bits per heavy atom. The molecule has 5 nitrogen and oxygen atoms in total. The third kappa shape index (κ3) is 4.81. The SMILES string of the molecule is NCc1ccc(NC(=O)CCCN2CCCC2CO)cc1. The molecule has 1 heterocycles. The molecule has 1 unspecified atom stereocenters. The third-order valence-electron chi connectivity index (χ3n) is 4.03. The van der Waals surface area contributed by atoms with Crippen LogP contribution in [0.3, 0.4) is 0 Å². The van der Waals surface area contributed by atoms with Gasteiger partial charge in [-0.3, -0.25) is 9.69 Å². The monoisotopic (exact) mass is 291 g/mol. The standard InChI is InChI=1S/C16H25N3O2/c17-11-13-5-7-14(8-6-13)18-16(21)4-2-10-19-9-1-3-15(19)12-20/h5-8,15,20H,1-4,9-12,17H2,(H,18,21). The van der Waals surface area contributed by atoms with Gasteiger partial charge >= 0.3 is 0 Å². The number of carbonyl (C=O) groups excluding carboxylic acids is 1. The Bertz CT molecular complexity index is 447. The first-order valence-corrected chi connectivity index (χ1v) is 7.66. The van der Waals surface area contributed by atoms with Crippen LogP contribution >= 0.6 is 0 Å². The van der Waals surface area contributed by atoms with Gasteiger partial charge in [-0.2, -0.15) is 0 Å². The summed E-state index contributed by atoms with van der Waals surface area (Å²) in [5.74, 6) is 0.0373. The van der Waals surface area contributed by atoms with E-state index >= 15 is 0 Å². The average molecular weight is 291 g/mol. The molecule has 116 valence electrons. The third-order valence-corrected chi connectivity index (χ3v) is 4.03. The van der Waals surface area contributed by atoms with Gasteiger partial charge in [0.05, 0.1) is 6.61 Å². The van der Waals surface area contributed by atoms with Crippen LogP contribution < -0.4 is 11.1 Å². The van der Waals surface area contributed by atoms with Crippen LogP contribution in [0.4, 0.5) is 5.69 Å². The molecule has 0 aliphatic carbocycles. The minimum Gasteiger partial charge on any atom is -0.395 e. The molecule has 1 aliphatic heterocycles. The van der Waals surface area contributed by atoms with Crippen LogP contribution in [0.2, 0.25) is 0 Å². The van der Waals surface area contributed by atoms with E-state index in [1.165, 1.54) is 0 Å². The molecule has 0 aromatic heterocycles. The maximum Gasteiger partial charge on any atom is 0.224 e. The van der Waals surface area contributed by atoms with Crippen LogP contribution in [-0.2, 0) is 11.3 Å². The second-order valence-electron chi connectivity index (χ2n) is 5.57. The quantitative estimate of drug-likeness (QED) is 0.708. The molecular formula is C16H25N3O2. The van der Waals surface area contributed by atoms with Crippen molar-refractivity contribution in [1.82, 2.24) is 4.90 Å². The molecule has 0 bridgehead atoms. The van der Waals surface area contributed by atoms with E-state index in [0.717, 1.165) is 43.6 Å². The van der Waals surface area contributed by atoms with Gasteiger partial charge in [0.2, 0.25) is 5.91 Å². The fraction of sp³-hybridized carbons (Fsp3) is 0.562. The van der Waals surface area contributed by atoms with Crippen molar-refractivity contribution in [3.05, 3.63) is 29.8 Å². The van der Waals surface area contributed by atoms with E-state index in [4.69, 9.17) is 5.73 Å². The van der Waals surface area contributed by atoms with Crippen LogP contribution in [0, 0.1) is 0 Å². The lowest BCUT2D eigenvalue weighted by Crippen LogP contribution is -2.33. The van der Waals surface area contributed by atoms with Crippen LogP contribution in [0.1, 0.15) is 31.2 Å². The Hall–Kier alpha value is -1.43. The van der Waals surface area contributed by atoms with Gasteiger partial charge in [0, 0.05) is 24.7 Å². The molecule has 1 aromatic rings. The summed E-state index contributed by atoms with van der Waals surface area (Å²) in [4.78, 5) is 14.2. The average Bonchev–Trinajstić information content (AvgIpc) is 2.95. The number of aliphatic hydroxyl groups excluding tert-OH is 1. The fourth-order valence-electron chi connectivity index (χ4n) is 2.79. The molecular weight excluding hydrogens is 266 g/mol. The Morgan fingerprint density at radius 1 is 1.38 bits per heavy atom. The summed E-state index contributed by atoms with van der Waals surface area (Å²) in [6.07, 6.45) is 3.54. The maximum absolute atomic E-state index is 11.9. The van der Waals surface area contributed by atoms with Gasteiger partial charge < -0.3 is 16.2 Å². The van der Waals surface area contributed by atoms with Crippen molar-refractivity contribution in [1.29, 1.82) is 0 Å². The second kappa shape index (κ2) is 8.12. The van der Waals surface area contributed by atoms with Gasteiger partial charge in [-0.05, 0) is 50.0 Å². The molecule has 21 heavy (non-hydrogen) atoms. The van der Waals surface area contributed by atoms with Crippen LogP contribution in [0.15, 0.2) is 24.3 Å². The van der Waals surface area contributed by atoms with Gasteiger partial charge in [0.1, 0.15) is 0 Å². The first kappa shape index (κ1) is 15.9. The summed E-state index contributed by atoms with van der Waals surface area (Å²) in [7, 11) is 0. The van der Waals surface area contributed by atoms with Crippen molar-refractivity contribution < 1.29 is 9.90 Å². The highest BCUT2D eigenvalue weighted by Gasteiger charge is 2.22. The van der Waals surface area contributed by atoms with Crippen molar-refractivity contribution in [2.75, 3.05) is 25.0 Å². The van der Waals surface area contributed by atoms with E-state index in [0.29, 0.717) is 13.0 Å². The zero-order chi connectivity index (χ0) is 15.1. The lowest BCUT2D eigenvalue weighted by atomic mass is 10.2. The number of rotatable bonds is 7. The van der Waals surface area contributed by atoms with Crippen LogP contribution in [0.5, 0.6) is 0 Å². The van der Waals surface area contributed by atoms with E-state index < -0.39 is 0 Å². The molecule has 0 spiro atoms. The van der Waals surface area contributed by atoms with Gasteiger partial charge in [-0.15, -0.1) is 0 Å². The molecule has 1 fully saturated rings. The summed E-state index contributed by atoms with van der Waals surface area (Å²) in [6.45, 7) is 2.65. The minimum atomic E-state index is 0.0373. The summed E-state index contributed by atoms with van der Waals surface area (Å²) in [5.41, 5.74) is 7.40. The Morgan fingerprint density at radius 3 is 2.81 bits per heavy atom. The van der Waals surface area contributed by atoms with E-state index in [2.05, 4.69) is 10.2 Å². The van der Waals surface area contributed by atoms with Gasteiger partial charge in [-0.25, -0.2) is 0 Å². The smallest absolute Gasteiger partial charge is 0.224 e. The largest absolute Gasteiger partial charge is 0.395 e. The van der Waals surface area contributed by atoms with E-state index in [1.807, 2.05) is 24.3 Å². The molecule has 1 aromatic carbocycles. The van der Waals surface area contributed by atoms with Crippen molar-refractivity contribution in [2.24, 2.45) is 5.73 Å². The second-order valence-corrected chi connectivity index (χ2v) is 5.57. The molecule has 0 radical (unpaired) electrons. The number of nitrogens with zero attached hydrogens (tertiary/aromatic N) is 1. The number of carbonyl (C=O) groups is 1. The van der Waals surface area contributed by atoms with Gasteiger partial charge in [0.25, 0.3) is 0 Å². The maximum atomic E-state index is 11.9. The lowest BCUT2D eigenvalue weighted by molar-refractivity contribution is -0.116. The zero-order valence-corrected chi connectivity index (χ0v) is 12.4. The van der Waals surface area contributed by atoms with E-state index in [1.54, 1.807) is 0 Å². The molecule has 1 amide bonds. The van der Waals surface area contributed by atoms with Crippen molar-refractivity contribution in [2.45, 2.75) is 38.3 Å². The molecule has 1 atom stereocenters.